The second-order valence-electron chi connectivity index (χ2n) is 14.6. The molecule has 15 atom stereocenters. The SMILES string of the molecule is COc1ccc(-c2oc3c(CC=C(C)C)c(O[C@@H]4O[C@H](CO)[C@@H](O)[C@H](O)[C@H]4O)ccc3c(=O)c2O[C@@H]2O[C@@H](C)[C@H](O)[C@@H](O)C2O[C@@H]2O[C@H](CO)[C@@H](O)[C@H](O)[C@H]2O)cc1. The number of rotatable bonds is 12. The highest BCUT2D eigenvalue weighted by atomic mass is 16.8. The number of fused-ring (bicyclic) bond motifs is 1. The van der Waals surface area contributed by atoms with Crippen molar-refractivity contribution in [2.45, 2.75) is 119 Å². The minimum Gasteiger partial charge on any atom is -0.497 e. The van der Waals surface area contributed by atoms with E-state index in [9.17, 15) is 55.9 Å². The standard InChI is InChI=1S/C39H50O19/c1-15(2)5-10-19-21(53-37-31(49)28(46)26(44)22(13-40)54-37)12-11-20-25(43)35(33(56-34(19)20)17-6-8-18(51-4)9-7-17)57-39-36(30(48)24(42)16(3)52-39)58-38-32(50)29(47)27(45)23(14-41)55-38/h5-9,11-12,16,22-24,26-32,36-42,44-50H,10,13-14H2,1-4H3/t16-,22+,23+,24-,26+,27+,28-,29-,30+,31+,32+,36?,37+,38-,39-/m0/s1. The van der Waals surface area contributed by atoms with E-state index in [0.29, 0.717) is 16.9 Å². The van der Waals surface area contributed by atoms with Crippen LogP contribution in [0.3, 0.4) is 0 Å². The lowest BCUT2D eigenvalue weighted by atomic mass is 9.97. The summed E-state index contributed by atoms with van der Waals surface area (Å²) in [5.74, 6) is -0.0894. The average molecular weight is 823 g/mol. The molecule has 3 saturated heterocycles. The van der Waals surface area contributed by atoms with Gasteiger partial charge in [-0.25, -0.2) is 0 Å². The smallest absolute Gasteiger partial charge is 0.235 e. The molecule has 4 heterocycles. The Bertz CT molecular complexity index is 1940. The van der Waals surface area contributed by atoms with Crippen molar-refractivity contribution in [3.63, 3.8) is 0 Å². The highest BCUT2D eigenvalue weighted by Gasteiger charge is 2.51. The fourth-order valence-electron chi connectivity index (χ4n) is 6.91. The van der Waals surface area contributed by atoms with E-state index in [1.54, 1.807) is 24.3 Å². The summed E-state index contributed by atoms with van der Waals surface area (Å²) in [6, 6.07) is 9.08. The molecule has 0 spiro atoms. The van der Waals surface area contributed by atoms with Gasteiger partial charge in [-0.05, 0) is 63.6 Å². The van der Waals surface area contributed by atoms with Gasteiger partial charge in [0.2, 0.25) is 23.8 Å². The Labute approximate surface area is 331 Å². The first-order valence-electron chi connectivity index (χ1n) is 18.6. The number of benzene rings is 2. The summed E-state index contributed by atoms with van der Waals surface area (Å²) in [5.41, 5.74) is 0.708. The Kier molecular flexibility index (Phi) is 13.8. The number of allylic oxidation sites excluding steroid dienone is 2. The van der Waals surface area contributed by atoms with Gasteiger partial charge in [0.05, 0.1) is 31.8 Å². The van der Waals surface area contributed by atoms with Crippen LogP contribution in [0.25, 0.3) is 22.3 Å². The fourth-order valence-corrected chi connectivity index (χ4v) is 6.91. The summed E-state index contributed by atoms with van der Waals surface area (Å²) in [5, 5.41) is 104. The van der Waals surface area contributed by atoms with Gasteiger partial charge in [0, 0.05) is 11.1 Å². The number of hydrogen-bond donors (Lipinski definition) is 10. The Morgan fingerprint density at radius 1 is 0.707 bits per heavy atom. The molecule has 58 heavy (non-hydrogen) atoms. The van der Waals surface area contributed by atoms with Crippen molar-refractivity contribution < 1.29 is 88.6 Å². The maximum absolute atomic E-state index is 14.7. The Morgan fingerprint density at radius 3 is 1.90 bits per heavy atom. The third-order valence-corrected chi connectivity index (χ3v) is 10.4. The molecule has 1 unspecified atom stereocenters. The van der Waals surface area contributed by atoms with Crippen molar-refractivity contribution >= 4 is 11.0 Å². The molecule has 3 aliphatic heterocycles. The van der Waals surface area contributed by atoms with Crippen LogP contribution in [0.15, 0.2) is 57.3 Å². The van der Waals surface area contributed by atoms with E-state index in [0.717, 1.165) is 5.57 Å². The predicted molar refractivity (Wildman–Crippen MR) is 198 cm³/mol. The van der Waals surface area contributed by atoms with Gasteiger partial charge in [-0.15, -0.1) is 0 Å². The van der Waals surface area contributed by atoms with Crippen LogP contribution in [0.5, 0.6) is 17.2 Å². The zero-order valence-electron chi connectivity index (χ0n) is 32.0. The molecular weight excluding hydrogens is 772 g/mol. The van der Waals surface area contributed by atoms with Gasteiger partial charge in [0.15, 0.2) is 18.2 Å². The molecule has 0 amide bonds. The third-order valence-electron chi connectivity index (χ3n) is 10.4. The highest BCUT2D eigenvalue weighted by Crippen LogP contribution is 2.39. The number of ether oxygens (including phenoxy) is 7. The van der Waals surface area contributed by atoms with E-state index in [2.05, 4.69) is 0 Å². The fraction of sp³-hybridized carbons (Fsp3) is 0.564. The lowest BCUT2D eigenvalue weighted by Crippen LogP contribution is -2.64. The van der Waals surface area contributed by atoms with Gasteiger partial charge in [0.25, 0.3) is 0 Å². The average Bonchev–Trinajstić information content (AvgIpc) is 3.21. The first kappa shape index (κ1) is 43.8. The minimum absolute atomic E-state index is 0.00487. The molecule has 0 aliphatic carbocycles. The van der Waals surface area contributed by atoms with E-state index in [-0.39, 0.29) is 28.9 Å². The maximum atomic E-state index is 14.7. The molecule has 320 valence electrons. The molecule has 10 N–H and O–H groups in total. The lowest BCUT2D eigenvalue weighted by Gasteiger charge is -2.45. The molecule has 0 radical (unpaired) electrons. The minimum atomic E-state index is -1.90. The molecule has 3 aromatic rings. The summed E-state index contributed by atoms with van der Waals surface area (Å²) in [6.45, 7) is 3.64. The monoisotopic (exact) mass is 822 g/mol. The van der Waals surface area contributed by atoms with E-state index < -0.39 is 117 Å². The van der Waals surface area contributed by atoms with Gasteiger partial charge in [-0.1, -0.05) is 11.6 Å². The van der Waals surface area contributed by atoms with Crippen molar-refractivity contribution in [1.82, 2.24) is 0 Å². The number of methoxy groups -OCH3 is 1. The van der Waals surface area contributed by atoms with Gasteiger partial charge in [0.1, 0.15) is 78.1 Å². The van der Waals surface area contributed by atoms with Crippen molar-refractivity contribution in [1.29, 1.82) is 0 Å². The maximum Gasteiger partial charge on any atom is 0.235 e. The Morgan fingerprint density at radius 2 is 1.31 bits per heavy atom. The molecule has 0 bridgehead atoms. The molecule has 6 rings (SSSR count). The second kappa shape index (κ2) is 18.2. The van der Waals surface area contributed by atoms with Gasteiger partial charge < -0.3 is 88.6 Å². The zero-order chi connectivity index (χ0) is 42.2. The number of aliphatic hydroxyl groups excluding tert-OH is 10. The molecule has 1 aromatic heterocycles. The molecule has 3 aliphatic rings. The van der Waals surface area contributed by atoms with Crippen LogP contribution < -0.4 is 19.6 Å². The zero-order valence-corrected chi connectivity index (χ0v) is 32.0. The Balaban J connectivity index is 1.47. The van der Waals surface area contributed by atoms with Crippen LogP contribution in [-0.4, -0.2) is 164 Å². The van der Waals surface area contributed by atoms with Gasteiger partial charge in [-0.2, -0.15) is 0 Å². The molecule has 19 nitrogen and oxygen atoms in total. The molecule has 0 saturated carbocycles. The lowest BCUT2D eigenvalue weighted by molar-refractivity contribution is -0.355. The molecule has 3 fully saturated rings. The summed E-state index contributed by atoms with van der Waals surface area (Å²) in [4.78, 5) is 14.7. The number of hydrogen-bond acceptors (Lipinski definition) is 19. The van der Waals surface area contributed by atoms with Crippen LogP contribution in [0, 0.1) is 0 Å². The summed E-state index contributed by atoms with van der Waals surface area (Å²) < 4.78 is 47.0. The molecular formula is C39H50O19. The Hall–Kier alpha value is -3.77. The van der Waals surface area contributed by atoms with Crippen LogP contribution in [0.4, 0.5) is 0 Å². The van der Waals surface area contributed by atoms with Crippen molar-refractivity contribution in [3.05, 3.63) is 63.8 Å². The van der Waals surface area contributed by atoms with Crippen molar-refractivity contribution in [2.75, 3.05) is 20.3 Å². The number of aliphatic hydroxyl groups is 10. The summed E-state index contributed by atoms with van der Waals surface area (Å²) >= 11 is 0. The van der Waals surface area contributed by atoms with Crippen molar-refractivity contribution in [2.24, 2.45) is 0 Å². The third kappa shape index (κ3) is 8.60. The molecule has 2 aromatic carbocycles. The van der Waals surface area contributed by atoms with E-state index >= 15 is 0 Å². The first-order chi connectivity index (χ1) is 27.6. The summed E-state index contributed by atoms with van der Waals surface area (Å²) in [7, 11) is 1.46. The van der Waals surface area contributed by atoms with E-state index in [1.165, 1.54) is 26.2 Å². The topological polar surface area (TPSA) is 297 Å². The second-order valence-corrected chi connectivity index (χ2v) is 14.6. The van der Waals surface area contributed by atoms with Gasteiger partial charge >= 0.3 is 0 Å². The van der Waals surface area contributed by atoms with Crippen LogP contribution in [-0.2, 0) is 25.4 Å². The molecule has 19 heteroatoms. The van der Waals surface area contributed by atoms with Crippen LogP contribution in [0.2, 0.25) is 0 Å². The highest BCUT2D eigenvalue weighted by molar-refractivity contribution is 5.86. The van der Waals surface area contributed by atoms with Crippen LogP contribution in [0.1, 0.15) is 26.3 Å². The first-order valence-corrected chi connectivity index (χ1v) is 18.6. The normalized spacial score (nSPS) is 35.4. The van der Waals surface area contributed by atoms with Crippen molar-refractivity contribution in [3.8, 4) is 28.6 Å². The largest absolute Gasteiger partial charge is 0.497 e. The predicted octanol–water partition coefficient (Wildman–Crippen LogP) is -1.81. The van der Waals surface area contributed by atoms with Gasteiger partial charge in [-0.3, -0.25) is 4.79 Å². The van der Waals surface area contributed by atoms with E-state index in [4.69, 9.17) is 37.6 Å². The summed E-state index contributed by atoms with van der Waals surface area (Å²) in [6.07, 6.45) is -22.6. The quantitative estimate of drug-likeness (QED) is 0.0901. The van der Waals surface area contributed by atoms with E-state index in [1.807, 2.05) is 19.9 Å². The van der Waals surface area contributed by atoms with Crippen LogP contribution >= 0.6 is 0 Å².